The molecule has 1 fully saturated rings. The normalized spacial score (nSPS) is 23.7. The van der Waals surface area contributed by atoms with E-state index in [4.69, 9.17) is 10.5 Å². The van der Waals surface area contributed by atoms with Gasteiger partial charge in [0.25, 0.3) is 0 Å². The molecule has 0 amide bonds. The zero-order valence-corrected chi connectivity index (χ0v) is 11.0. The molecule has 0 saturated carbocycles. The van der Waals surface area contributed by atoms with Crippen molar-refractivity contribution in [1.82, 2.24) is 0 Å². The van der Waals surface area contributed by atoms with Gasteiger partial charge in [0.2, 0.25) is 0 Å². The van der Waals surface area contributed by atoms with Crippen LogP contribution < -0.4 is 11.1 Å². The summed E-state index contributed by atoms with van der Waals surface area (Å²) in [7, 11) is 0. The van der Waals surface area contributed by atoms with E-state index in [9.17, 15) is 4.79 Å². The molecule has 1 atom stereocenters. The van der Waals surface area contributed by atoms with Crippen molar-refractivity contribution in [1.29, 1.82) is 0 Å². The maximum atomic E-state index is 11.3. The second-order valence-corrected chi connectivity index (χ2v) is 5.20. The zero-order valence-electron chi connectivity index (χ0n) is 11.0. The van der Waals surface area contributed by atoms with Crippen LogP contribution in [0.15, 0.2) is 18.2 Å². The summed E-state index contributed by atoms with van der Waals surface area (Å²) in [5, 5.41) is 3.45. The molecule has 0 aromatic heterocycles. The molecule has 1 aromatic carbocycles. The Bertz CT molecular complexity index is 451. The molecule has 1 aliphatic heterocycles. The van der Waals surface area contributed by atoms with Gasteiger partial charge in [-0.2, -0.15) is 0 Å². The Morgan fingerprint density at radius 3 is 2.83 bits per heavy atom. The maximum absolute atomic E-state index is 11.3. The smallest absolute Gasteiger partial charge is 0.161 e. The largest absolute Gasteiger partial charge is 0.398 e. The van der Waals surface area contributed by atoms with Gasteiger partial charge in [0.05, 0.1) is 12.1 Å². The zero-order chi connectivity index (χ0) is 13.2. The van der Waals surface area contributed by atoms with Crippen LogP contribution in [0.3, 0.4) is 0 Å². The van der Waals surface area contributed by atoms with Crippen LogP contribution in [0.4, 0.5) is 11.4 Å². The molecule has 1 unspecified atom stereocenters. The number of hydrogen-bond donors (Lipinski definition) is 2. The van der Waals surface area contributed by atoms with E-state index in [2.05, 4.69) is 12.2 Å². The Hall–Kier alpha value is -1.55. The van der Waals surface area contributed by atoms with Crippen molar-refractivity contribution in [2.75, 3.05) is 24.3 Å². The van der Waals surface area contributed by atoms with Gasteiger partial charge in [0.15, 0.2) is 5.78 Å². The van der Waals surface area contributed by atoms with Gasteiger partial charge in [-0.3, -0.25) is 4.79 Å². The first kappa shape index (κ1) is 12.9. The summed E-state index contributed by atoms with van der Waals surface area (Å²) in [6.07, 6.45) is 2.13. The fourth-order valence-electron chi connectivity index (χ4n) is 2.34. The van der Waals surface area contributed by atoms with E-state index in [0.29, 0.717) is 17.9 Å². The topological polar surface area (TPSA) is 64.3 Å². The number of Topliss-reactive ketones (excluding diaryl/α,β-unsaturated/α-hetero) is 1. The van der Waals surface area contributed by atoms with Crippen molar-refractivity contribution >= 4 is 17.2 Å². The number of benzene rings is 1. The molecule has 0 bridgehead atoms. The van der Waals surface area contributed by atoms with Crippen molar-refractivity contribution in [3.63, 3.8) is 0 Å². The van der Waals surface area contributed by atoms with Crippen molar-refractivity contribution < 1.29 is 9.53 Å². The standard InChI is InChI=1S/C14H20N2O2/c1-10(17)12-5-4-11(8-13(12)15)16-14(2)6-3-7-18-9-14/h4-5,8,16H,3,6-7,9,15H2,1-2H3. The molecule has 1 aromatic rings. The third-order valence-corrected chi connectivity index (χ3v) is 3.31. The summed E-state index contributed by atoms with van der Waals surface area (Å²) in [4.78, 5) is 11.3. The second-order valence-electron chi connectivity index (χ2n) is 5.20. The van der Waals surface area contributed by atoms with Gasteiger partial charge in [-0.25, -0.2) is 0 Å². The van der Waals surface area contributed by atoms with Crippen LogP contribution in [-0.2, 0) is 4.74 Å². The number of nitrogens with two attached hydrogens (primary N) is 1. The van der Waals surface area contributed by atoms with E-state index >= 15 is 0 Å². The second kappa shape index (κ2) is 4.98. The predicted molar refractivity (Wildman–Crippen MR) is 72.9 cm³/mol. The van der Waals surface area contributed by atoms with Gasteiger partial charge < -0.3 is 15.8 Å². The van der Waals surface area contributed by atoms with E-state index in [1.807, 2.05) is 12.1 Å². The lowest BCUT2D eigenvalue weighted by molar-refractivity contribution is 0.0540. The Labute approximate surface area is 108 Å². The van der Waals surface area contributed by atoms with Crippen LogP contribution in [0, 0.1) is 0 Å². The number of nitrogen functional groups attached to an aromatic ring is 1. The maximum Gasteiger partial charge on any atom is 0.161 e. The first-order valence-corrected chi connectivity index (χ1v) is 6.27. The van der Waals surface area contributed by atoms with Crippen LogP contribution in [-0.4, -0.2) is 24.5 Å². The molecule has 4 nitrogen and oxygen atoms in total. The van der Waals surface area contributed by atoms with Gasteiger partial charge in [-0.05, 0) is 44.9 Å². The minimum absolute atomic E-state index is 0.00809. The van der Waals surface area contributed by atoms with Gasteiger partial charge >= 0.3 is 0 Å². The average molecular weight is 248 g/mol. The molecule has 4 heteroatoms. The van der Waals surface area contributed by atoms with E-state index in [0.717, 1.165) is 25.1 Å². The van der Waals surface area contributed by atoms with Crippen LogP contribution in [0.25, 0.3) is 0 Å². The van der Waals surface area contributed by atoms with Crippen molar-refractivity contribution in [2.24, 2.45) is 0 Å². The third-order valence-electron chi connectivity index (χ3n) is 3.31. The Balaban J connectivity index is 2.14. The molecular weight excluding hydrogens is 228 g/mol. The lowest BCUT2D eigenvalue weighted by Crippen LogP contribution is -2.43. The quantitative estimate of drug-likeness (QED) is 0.637. The molecule has 0 spiro atoms. The Morgan fingerprint density at radius 2 is 2.28 bits per heavy atom. The molecule has 0 radical (unpaired) electrons. The van der Waals surface area contributed by atoms with Gasteiger partial charge in [-0.1, -0.05) is 0 Å². The monoisotopic (exact) mass is 248 g/mol. The molecule has 1 heterocycles. The highest BCUT2D eigenvalue weighted by molar-refractivity contribution is 5.99. The van der Waals surface area contributed by atoms with Crippen molar-refractivity contribution in [3.05, 3.63) is 23.8 Å². The highest BCUT2D eigenvalue weighted by Gasteiger charge is 2.27. The summed E-state index contributed by atoms with van der Waals surface area (Å²) in [5.41, 5.74) is 7.86. The minimum atomic E-state index is -0.0531. The number of anilines is 2. The fourth-order valence-corrected chi connectivity index (χ4v) is 2.34. The number of nitrogens with one attached hydrogen (secondary N) is 1. The van der Waals surface area contributed by atoms with Crippen molar-refractivity contribution in [2.45, 2.75) is 32.2 Å². The Morgan fingerprint density at radius 1 is 1.50 bits per heavy atom. The number of rotatable bonds is 3. The van der Waals surface area contributed by atoms with Crippen LogP contribution >= 0.6 is 0 Å². The summed E-state index contributed by atoms with van der Waals surface area (Å²) >= 11 is 0. The van der Waals surface area contributed by atoms with E-state index in [1.165, 1.54) is 6.92 Å². The lowest BCUT2D eigenvalue weighted by atomic mass is 9.94. The molecule has 3 N–H and O–H groups in total. The summed E-state index contributed by atoms with van der Waals surface area (Å²) in [5.74, 6) is -0.00809. The number of carbonyl (C=O) groups excluding carboxylic acids is 1. The van der Waals surface area contributed by atoms with Crippen LogP contribution in [0.2, 0.25) is 0 Å². The molecule has 1 aliphatic rings. The first-order chi connectivity index (χ1) is 8.50. The fraction of sp³-hybridized carbons (Fsp3) is 0.500. The molecule has 1 saturated heterocycles. The highest BCUT2D eigenvalue weighted by atomic mass is 16.5. The lowest BCUT2D eigenvalue weighted by Gasteiger charge is -2.35. The average Bonchev–Trinajstić information content (AvgIpc) is 2.28. The van der Waals surface area contributed by atoms with E-state index in [1.54, 1.807) is 6.07 Å². The van der Waals surface area contributed by atoms with Gasteiger partial charge in [-0.15, -0.1) is 0 Å². The molecule has 18 heavy (non-hydrogen) atoms. The predicted octanol–water partition coefficient (Wildman–Crippen LogP) is 2.45. The van der Waals surface area contributed by atoms with E-state index in [-0.39, 0.29) is 11.3 Å². The van der Waals surface area contributed by atoms with Crippen LogP contribution in [0.5, 0.6) is 0 Å². The molecule has 0 aliphatic carbocycles. The van der Waals surface area contributed by atoms with Gasteiger partial charge in [0.1, 0.15) is 0 Å². The number of carbonyl (C=O) groups is 1. The summed E-state index contributed by atoms with van der Waals surface area (Å²) in [6.45, 7) is 5.19. The molecular formula is C14H20N2O2. The summed E-state index contributed by atoms with van der Waals surface area (Å²) < 4.78 is 5.50. The first-order valence-electron chi connectivity index (χ1n) is 6.27. The number of ketones is 1. The van der Waals surface area contributed by atoms with E-state index < -0.39 is 0 Å². The Kier molecular flexibility index (Phi) is 3.57. The van der Waals surface area contributed by atoms with Crippen LogP contribution in [0.1, 0.15) is 37.0 Å². The number of hydrogen-bond acceptors (Lipinski definition) is 4. The molecule has 2 rings (SSSR count). The summed E-state index contributed by atoms with van der Waals surface area (Å²) in [6, 6.07) is 5.48. The highest BCUT2D eigenvalue weighted by Crippen LogP contribution is 2.26. The third kappa shape index (κ3) is 2.82. The van der Waals surface area contributed by atoms with Gasteiger partial charge in [0, 0.05) is 23.5 Å². The SMILES string of the molecule is CC(=O)c1ccc(NC2(C)CCCOC2)cc1N. The van der Waals surface area contributed by atoms with Crippen molar-refractivity contribution in [3.8, 4) is 0 Å². The minimum Gasteiger partial charge on any atom is -0.398 e. The molecule has 98 valence electrons. The number of ether oxygens (including phenoxy) is 1.